The lowest BCUT2D eigenvalue weighted by Crippen LogP contribution is -2.35. The molecule has 8 heteroatoms. The van der Waals surface area contributed by atoms with Crippen LogP contribution in [0.15, 0.2) is 41.3 Å². The Kier molecular flexibility index (Phi) is 6.11. The van der Waals surface area contributed by atoms with Crippen LogP contribution in [0, 0.1) is 13.8 Å². The van der Waals surface area contributed by atoms with Crippen molar-refractivity contribution in [2.45, 2.75) is 18.7 Å². The average molecular weight is 401 g/mol. The Labute approximate surface area is 157 Å². The minimum atomic E-state index is -3.94. The van der Waals surface area contributed by atoms with Crippen molar-refractivity contribution >= 4 is 44.8 Å². The van der Waals surface area contributed by atoms with Gasteiger partial charge in [-0.2, -0.15) is 4.31 Å². The highest BCUT2D eigenvalue weighted by Crippen LogP contribution is 2.30. The number of carbonyl (C=O) groups excluding carboxylic acids is 1. The Hall–Kier alpha value is -1.60. The maximum Gasteiger partial charge on any atom is 0.244 e. The van der Waals surface area contributed by atoms with Gasteiger partial charge >= 0.3 is 0 Å². The summed E-state index contributed by atoms with van der Waals surface area (Å²) < 4.78 is 26.2. The molecule has 0 saturated carbocycles. The fraction of sp³-hybridized carbons (Fsp3) is 0.235. The number of benzene rings is 2. The summed E-state index contributed by atoms with van der Waals surface area (Å²) in [6.07, 6.45) is 0. The molecule has 0 aliphatic carbocycles. The summed E-state index contributed by atoms with van der Waals surface area (Å²) in [5.74, 6) is -0.446. The Balaban J connectivity index is 2.18. The summed E-state index contributed by atoms with van der Waals surface area (Å²) in [6.45, 7) is 3.47. The summed E-state index contributed by atoms with van der Waals surface area (Å²) >= 11 is 11.9. The van der Waals surface area contributed by atoms with E-state index in [1.807, 2.05) is 26.0 Å². The van der Waals surface area contributed by atoms with E-state index < -0.39 is 15.9 Å². The molecule has 0 unspecified atom stereocenters. The second-order valence-electron chi connectivity index (χ2n) is 5.61. The topological polar surface area (TPSA) is 66.5 Å². The van der Waals surface area contributed by atoms with Crippen molar-refractivity contribution in [3.05, 3.63) is 57.6 Å². The predicted molar refractivity (Wildman–Crippen MR) is 101 cm³/mol. The summed E-state index contributed by atoms with van der Waals surface area (Å²) in [5, 5.41) is 2.80. The standard InChI is InChI=1S/C17H18Cl2N2O3S/c1-11-6-4-8-14(12(11)2)20-16(22)10-21(3)25(23,24)15-9-5-7-13(18)17(15)19/h4-9H,10H2,1-3H3,(H,20,22). The van der Waals surface area contributed by atoms with Crippen molar-refractivity contribution in [3.8, 4) is 0 Å². The van der Waals surface area contributed by atoms with Crippen molar-refractivity contribution in [2.75, 3.05) is 18.9 Å². The third-order valence-corrected chi connectivity index (χ3v) is 6.63. The van der Waals surface area contributed by atoms with Gasteiger partial charge < -0.3 is 5.32 Å². The van der Waals surface area contributed by atoms with Gasteiger partial charge in [-0.25, -0.2) is 8.42 Å². The Morgan fingerprint density at radius 1 is 1.12 bits per heavy atom. The van der Waals surface area contributed by atoms with Crippen molar-refractivity contribution in [3.63, 3.8) is 0 Å². The quantitative estimate of drug-likeness (QED) is 0.827. The molecular weight excluding hydrogens is 383 g/mol. The van der Waals surface area contributed by atoms with Crippen molar-refractivity contribution < 1.29 is 13.2 Å². The zero-order valence-corrected chi connectivity index (χ0v) is 16.3. The van der Waals surface area contributed by atoms with Gasteiger partial charge in [0.15, 0.2) is 0 Å². The molecule has 1 N–H and O–H groups in total. The molecule has 0 aliphatic heterocycles. The molecule has 0 heterocycles. The molecule has 0 fully saturated rings. The van der Waals surface area contributed by atoms with Gasteiger partial charge in [-0.1, -0.05) is 41.4 Å². The molecule has 0 saturated heterocycles. The summed E-state index contributed by atoms with van der Waals surface area (Å²) in [5.41, 5.74) is 2.61. The number of hydrogen-bond donors (Lipinski definition) is 1. The maximum absolute atomic E-state index is 12.6. The van der Waals surface area contributed by atoms with Crippen LogP contribution in [-0.4, -0.2) is 32.2 Å². The third kappa shape index (κ3) is 4.33. The Morgan fingerprint density at radius 3 is 2.44 bits per heavy atom. The molecule has 2 aromatic carbocycles. The van der Waals surface area contributed by atoms with Crippen molar-refractivity contribution in [1.82, 2.24) is 4.31 Å². The number of rotatable bonds is 5. The molecule has 0 atom stereocenters. The van der Waals surface area contributed by atoms with Gasteiger partial charge in [-0.05, 0) is 43.2 Å². The van der Waals surface area contributed by atoms with Gasteiger partial charge in [0.05, 0.1) is 16.6 Å². The molecule has 5 nitrogen and oxygen atoms in total. The maximum atomic E-state index is 12.6. The number of halogens is 2. The molecule has 0 radical (unpaired) electrons. The van der Waals surface area contributed by atoms with Crippen LogP contribution in [0.1, 0.15) is 11.1 Å². The normalized spacial score (nSPS) is 11.6. The van der Waals surface area contributed by atoms with Crippen molar-refractivity contribution in [1.29, 1.82) is 0 Å². The second kappa shape index (κ2) is 7.74. The zero-order chi connectivity index (χ0) is 18.8. The van der Waals surface area contributed by atoms with E-state index in [-0.39, 0.29) is 21.5 Å². The van der Waals surface area contributed by atoms with E-state index in [1.165, 1.54) is 25.2 Å². The van der Waals surface area contributed by atoms with Gasteiger partial charge in [-0.15, -0.1) is 0 Å². The molecule has 0 aromatic heterocycles. The van der Waals surface area contributed by atoms with E-state index in [0.29, 0.717) is 5.69 Å². The minimum absolute atomic E-state index is 0.0639. The van der Waals surface area contributed by atoms with Crippen LogP contribution in [0.2, 0.25) is 10.0 Å². The Morgan fingerprint density at radius 2 is 1.76 bits per heavy atom. The van der Waals surface area contributed by atoms with E-state index in [2.05, 4.69) is 5.32 Å². The number of amides is 1. The van der Waals surface area contributed by atoms with E-state index in [1.54, 1.807) is 6.07 Å². The number of carbonyl (C=O) groups is 1. The number of nitrogens with zero attached hydrogens (tertiary/aromatic N) is 1. The first kappa shape index (κ1) is 19.7. The number of anilines is 1. The smallest absolute Gasteiger partial charge is 0.244 e. The van der Waals surface area contributed by atoms with Gasteiger partial charge in [0.25, 0.3) is 0 Å². The first-order chi connectivity index (χ1) is 11.6. The summed E-state index contributed by atoms with van der Waals surface area (Å²) in [4.78, 5) is 12.1. The van der Waals surface area contributed by atoms with Gasteiger partial charge in [0, 0.05) is 12.7 Å². The van der Waals surface area contributed by atoms with Crippen LogP contribution >= 0.6 is 23.2 Å². The number of hydrogen-bond acceptors (Lipinski definition) is 3. The minimum Gasteiger partial charge on any atom is -0.325 e. The fourth-order valence-corrected chi connectivity index (χ4v) is 4.07. The highest BCUT2D eigenvalue weighted by atomic mass is 35.5. The number of sulfonamides is 1. The van der Waals surface area contributed by atoms with E-state index in [0.717, 1.165) is 15.4 Å². The molecule has 0 aliphatic rings. The van der Waals surface area contributed by atoms with Crippen LogP contribution < -0.4 is 5.32 Å². The van der Waals surface area contributed by atoms with Crippen LogP contribution in [0.3, 0.4) is 0 Å². The lowest BCUT2D eigenvalue weighted by molar-refractivity contribution is -0.116. The summed E-state index contributed by atoms with van der Waals surface area (Å²) in [6, 6.07) is 9.86. The van der Waals surface area contributed by atoms with E-state index in [4.69, 9.17) is 23.2 Å². The largest absolute Gasteiger partial charge is 0.325 e. The Bertz CT molecular complexity index is 914. The van der Waals surface area contributed by atoms with Crippen molar-refractivity contribution in [2.24, 2.45) is 0 Å². The highest BCUT2D eigenvalue weighted by Gasteiger charge is 2.26. The SMILES string of the molecule is Cc1cccc(NC(=O)CN(C)S(=O)(=O)c2cccc(Cl)c2Cl)c1C. The second-order valence-corrected chi connectivity index (χ2v) is 8.41. The van der Waals surface area contributed by atoms with Crippen LogP contribution in [0.4, 0.5) is 5.69 Å². The van der Waals surface area contributed by atoms with Crippen LogP contribution in [0.25, 0.3) is 0 Å². The number of nitrogens with one attached hydrogen (secondary N) is 1. The zero-order valence-electron chi connectivity index (χ0n) is 14.0. The lowest BCUT2D eigenvalue weighted by atomic mass is 10.1. The third-order valence-electron chi connectivity index (χ3n) is 3.85. The number of likely N-dealkylation sites (N-methyl/N-ethyl adjacent to an activating group) is 1. The van der Waals surface area contributed by atoms with Gasteiger partial charge in [-0.3, -0.25) is 4.79 Å². The lowest BCUT2D eigenvalue weighted by Gasteiger charge is -2.18. The predicted octanol–water partition coefficient (Wildman–Crippen LogP) is 3.87. The van der Waals surface area contributed by atoms with Gasteiger partial charge in [0.2, 0.25) is 15.9 Å². The van der Waals surface area contributed by atoms with E-state index in [9.17, 15) is 13.2 Å². The molecule has 0 bridgehead atoms. The first-order valence-corrected chi connectivity index (χ1v) is 9.60. The summed E-state index contributed by atoms with van der Waals surface area (Å²) in [7, 11) is -2.63. The fourth-order valence-electron chi connectivity index (χ4n) is 2.21. The van der Waals surface area contributed by atoms with E-state index >= 15 is 0 Å². The highest BCUT2D eigenvalue weighted by molar-refractivity contribution is 7.89. The molecule has 134 valence electrons. The average Bonchev–Trinajstić information content (AvgIpc) is 2.54. The molecular formula is C17H18Cl2N2O3S. The van der Waals surface area contributed by atoms with Gasteiger partial charge in [0.1, 0.15) is 4.90 Å². The molecule has 2 rings (SSSR count). The first-order valence-electron chi connectivity index (χ1n) is 7.41. The van der Waals surface area contributed by atoms with Crippen LogP contribution in [0.5, 0.6) is 0 Å². The molecule has 25 heavy (non-hydrogen) atoms. The monoisotopic (exact) mass is 400 g/mol. The molecule has 0 spiro atoms. The molecule has 1 amide bonds. The molecule has 2 aromatic rings. The number of aryl methyl sites for hydroxylation is 1. The van der Waals surface area contributed by atoms with Crippen LogP contribution in [-0.2, 0) is 14.8 Å².